The van der Waals surface area contributed by atoms with E-state index in [1.54, 1.807) is 0 Å². The van der Waals surface area contributed by atoms with Crippen LogP contribution in [0.25, 0.3) is 0 Å². The molecule has 0 saturated heterocycles. The maximum absolute atomic E-state index is 5.91. The van der Waals surface area contributed by atoms with Crippen LogP contribution in [0.3, 0.4) is 0 Å². The molecule has 2 atom stereocenters. The summed E-state index contributed by atoms with van der Waals surface area (Å²) in [7, 11) is 0. The molecule has 2 unspecified atom stereocenters. The smallest absolute Gasteiger partial charge is 0.233 e. The van der Waals surface area contributed by atoms with Crippen LogP contribution in [0.1, 0.15) is 76.6 Å². The molecule has 1 heterocycles. The van der Waals surface area contributed by atoms with Crippen LogP contribution >= 0.6 is 0 Å². The first-order valence-electron chi connectivity index (χ1n) is 6.63. The molecule has 0 amide bonds. The quantitative estimate of drug-likeness (QED) is 0.877. The minimum atomic E-state index is -0.122. The van der Waals surface area contributed by atoms with Gasteiger partial charge >= 0.3 is 0 Å². The largest absolute Gasteiger partial charge is 0.423 e. The van der Waals surface area contributed by atoms with Crippen LogP contribution < -0.4 is 5.73 Å². The van der Waals surface area contributed by atoms with Crippen LogP contribution in [0.5, 0.6) is 0 Å². The van der Waals surface area contributed by atoms with Gasteiger partial charge < -0.3 is 10.2 Å². The molecule has 1 aromatic heterocycles. The molecule has 0 aliphatic heterocycles. The van der Waals surface area contributed by atoms with Gasteiger partial charge in [-0.3, -0.25) is 0 Å². The van der Waals surface area contributed by atoms with Gasteiger partial charge in [0.2, 0.25) is 11.8 Å². The molecule has 1 aromatic rings. The van der Waals surface area contributed by atoms with E-state index in [9.17, 15) is 0 Å². The minimum Gasteiger partial charge on any atom is -0.423 e. The summed E-state index contributed by atoms with van der Waals surface area (Å²) in [5, 5.41) is 8.29. The third-order valence-corrected chi connectivity index (χ3v) is 4.02. The maximum Gasteiger partial charge on any atom is 0.233 e. The lowest BCUT2D eigenvalue weighted by Gasteiger charge is -2.36. The maximum atomic E-state index is 5.91. The van der Waals surface area contributed by atoms with Gasteiger partial charge in [-0.05, 0) is 24.7 Å². The molecule has 2 N–H and O–H groups in total. The van der Waals surface area contributed by atoms with Crippen molar-refractivity contribution >= 4 is 0 Å². The zero-order valence-electron chi connectivity index (χ0n) is 11.1. The average molecular weight is 237 g/mol. The van der Waals surface area contributed by atoms with Crippen molar-refractivity contribution in [1.29, 1.82) is 0 Å². The standard InChI is InChI=1S/C13H23N3O/c1-4-10(14)12-16-15-11(17-12)9-7-5-6-8-13(9,2)3/h9-10H,4-8,14H2,1-3H3. The molecule has 96 valence electrons. The van der Waals surface area contributed by atoms with E-state index in [2.05, 4.69) is 24.0 Å². The van der Waals surface area contributed by atoms with Crippen molar-refractivity contribution in [2.24, 2.45) is 11.1 Å². The fraction of sp³-hybridized carbons (Fsp3) is 0.846. The van der Waals surface area contributed by atoms with E-state index in [4.69, 9.17) is 10.2 Å². The molecule has 4 heteroatoms. The zero-order chi connectivity index (χ0) is 12.5. The van der Waals surface area contributed by atoms with Crippen LogP contribution in [-0.2, 0) is 0 Å². The summed E-state index contributed by atoms with van der Waals surface area (Å²) in [4.78, 5) is 0. The van der Waals surface area contributed by atoms with E-state index >= 15 is 0 Å². The lowest BCUT2D eigenvalue weighted by Crippen LogP contribution is -2.26. The number of rotatable bonds is 3. The third-order valence-electron chi connectivity index (χ3n) is 4.02. The number of hydrogen-bond acceptors (Lipinski definition) is 4. The van der Waals surface area contributed by atoms with Crippen molar-refractivity contribution in [1.82, 2.24) is 10.2 Å². The van der Waals surface area contributed by atoms with Gasteiger partial charge in [-0.25, -0.2) is 0 Å². The number of aromatic nitrogens is 2. The van der Waals surface area contributed by atoms with Crippen molar-refractivity contribution < 1.29 is 4.42 Å². The van der Waals surface area contributed by atoms with Gasteiger partial charge in [-0.2, -0.15) is 0 Å². The van der Waals surface area contributed by atoms with Gasteiger partial charge in [0.15, 0.2) is 0 Å². The predicted octanol–water partition coefficient (Wildman–Crippen LogP) is 3.16. The van der Waals surface area contributed by atoms with Crippen molar-refractivity contribution in [2.45, 2.75) is 64.8 Å². The molecule has 1 fully saturated rings. The van der Waals surface area contributed by atoms with Gasteiger partial charge in [-0.15, -0.1) is 10.2 Å². The van der Waals surface area contributed by atoms with Gasteiger partial charge in [0.05, 0.1) is 6.04 Å². The summed E-state index contributed by atoms with van der Waals surface area (Å²) >= 11 is 0. The molecule has 1 saturated carbocycles. The monoisotopic (exact) mass is 237 g/mol. The van der Waals surface area contributed by atoms with Crippen molar-refractivity contribution in [3.8, 4) is 0 Å². The summed E-state index contributed by atoms with van der Waals surface area (Å²) in [5.74, 6) is 1.76. The second kappa shape index (κ2) is 4.77. The Hall–Kier alpha value is -0.900. The normalized spacial score (nSPS) is 25.8. The SMILES string of the molecule is CCC(N)c1nnc(C2CCCCC2(C)C)o1. The Morgan fingerprint density at radius 2 is 2.18 bits per heavy atom. The molecule has 0 radical (unpaired) electrons. The number of nitrogens with zero attached hydrogens (tertiary/aromatic N) is 2. The summed E-state index contributed by atoms with van der Waals surface area (Å²) in [5.41, 5.74) is 6.17. The highest BCUT2D eigenvalue weighted by Crippen LogP contribution is 2.46. The Balaban J connectivity index is 2.18. The summed E-state index contributed by atoms with van der Waals surface area (Å²) < 4.78 is 5.76. The zero-order valence-corrected chi connectivity index (χ0v) is 11.1. The first kappa shape index (κ1) is 12.6. The Morgan fingerprint density at radius 3 is 2.82 bits per heavy atom. The topological polar surface area (TPSA) is 64.9 Å². The van der Waals surface area contributed by atoms with Crippen molar-refractivity contribution in [2.75, 3.05) is 0 Å². The lowest BCUT2D eigenvalue weighted by molar-refractivity contribution is 0.170. The van der Waals surface area contributed by atoms with Crippen LogP contribution in [-0.4, -0.2) is 10.2 Å². The molecule has 0 aromatic carbocycles. The average Bonchev–Trinajstić information content (AvgIpc) is 2.76. The molecular weight excluding hydrogens is 214 g/mol. The summed E-state index contributed by atoms with van der Waals surface area (Å²) in [6.07, 6.45) is 5.77. The van der Waals surface area contributed by atoms with E-state index in [1.807, 2.05) is 6.92 Å². The van der Waals surface area contributed by atoms with Gasteiger partial charge in [-0.1, -0.05) is 33.6 Å². The van der Waals surface area contributed by atoms with E-state index in [0.29, 0.717) is 11.8 Å². The highest BCUT2D eigenvalue weighted by molar-refractivity contribution is 5.02. The predicted molar refractivity (Wildman–Crippen MR) is 66.5 cm³/mol. The molecule has 0 bridgehead atoms. The van der Waals surface area contributed by atoms with Crippen LogP contribution in [0.15, 0.2) is 4.42 Å². The second-order valence-corrected chi connectivity index (χ2v) is 5.78. The van der Waals surface area contributed by atoms with E-state index in [-0.39, 0.29) is 11.5 Å². The second-order valence-electron chi connectivity index (χ2n) is 5.78. The van der Waals surface area contributed by atoms with Crippen LogP contribution in [0, 0.1) is 5.41 Å². The molecule has 4 nitrogen and oxygen atoms in total. The number of nitrogens with two attached hydrogens (primary N) is 1. The Kier molecular flexibility index (Phi) is 3.52. The van der Waals surface area contributed by atoms with E-state index < -0.39 is 0 Å². The van der Waals surface area contributed by atoms with Gasteiger partial charge in [0, 0.05) is 5.92 Å². The summed E-state index contributed by atoms with van der Waals surface area (Å²) in [6, 6.07) is -0.122. The Bertz CT molecular complexity index is 372. The minimum absolute atomic E-state index is 0.122. The molecule has 2 rings (SSSR count). The lowest BCUT2D eigenvalue weighted by atomic mass is 9.69. The van der Waals surface area contributed by atoms with Crippen LogP contribution in [0.2, 0.25) is 0 Å². The highest BCUT2D eigenvalue weighted by Gasteiger charge is 2.37. The summed E-state index contributed by atoms with van der Waals surface area (Å²) in [6.45, 7) is 6.61. The fourth-order valence-electron chi connectivity index (χ4n) is 2.66. The molecule has 0 spiro atoms. The van der Waals surface area contributed by atoms with Crippen LogP contribution in [0.4, 0.5) is 0 Å². The van der Waals surface area contributed by atoms with E-state index in [1.165, 1.54) is 19.3 Å². The molecular formula is C13H23N3O. The molecule has 17 heavy (non-hydrogen) atoms. The van der Waals surface area contributed by atoms with Crippen molar-refractivity contribution in [3.63, 3.8) is 0 Å². The first-order chi connectivity index (χ1) is 8.04. The number of hydrogen-bond donors (Lipinski definition) is 1. The highest BCUT2D eigenvalue weighted by atomic mass is 16.4. The van der Waals surface area contributed by atoms with Crippen molar-refractivity contribution in [3.05, 3.63) is 11.8 Å². The first-order valence-corrected chi connectivity index (χ1v) is 6.63. The molecule has 1 aliphatic carbocycles. The van der Waals surface area contributed by atoms with Gasteiger partial charge in [0.25, 0.3) is 0 Å². The molecule has 1 aliphatic rings. The Morgan fingerprint density at radius 1 is 1.41 bits per heavy atom. The van der Waals surface area contributed by atoms with E-state index in [0.717, 1.165) is 18.7 Å². The third kappa shape index (κ3) is 2.51. The Labute approximate surface area is 103 Å². The fourth-order valence-corrected chi connectivity index (χ4v) is 2.66. The van der Waals surface area contributed by atoms with Gasteiger partial charge in [0.1, 0.15) is 0 Å².